The highest BCUT2D eigenvalue weighted by molar-refractivity contribution is 5.08. The van der Waals surface area contributed by atoms with Crippen LogP contribution in [0.25, 0.3) is 0 Å². The predicted molar refractivity (Wildman–Crippen MR) is 80.3 cm³/mol. The highest BCUT2D eigenvalue weighted by atomic mass is 14.2. The zero-order chi connectivity index (χ0) is 13.3. The fourth-order valence-electron chi connectivity index (χ4n) is 2.65. The standard InChI is InChI=1S/C14H24.C3H8/c1-11(2)8-13(4)10-14-7-5-6-12(3)9-14;1-3-2/h12,14H,1,4-10H2,2-3H3;3H2,1-2H3/t12-,14+;/m1./s1. The van der Waals surface area contributed by atoms with Gasteiger partial charge in [0.2, 0.25) is 0 Å². The first kappa shape index (κ1) is 16.5. The molecule has 0 radical (unpaired) electrons. The van der Waals surface area contributed by atoms with Gasteiger partial charge >= 0.3 is 0 Å². The van der Waals surface area contributed by atoms with Crippen molar-refractivity contribution in [3.63, 3.8) is 0 Å². The van der Waals surface area contributed by atoms with Crippen molar-refractivity contribution in [3.8, 4) is 0 Å². The lowest BCUT2D eigenvalue weighted by Gasteiger charge is -2.27. The van der Waals surface area contributed by atoms with Gasteiger partial charge in [-0.2, -0.15) is 0 Å². The zero-order valence-corrected chi connectivity index (χ0v) is 12.5. The van der Waals surface area contributed by atoms with Crippen molar-refractivity contribution in [2.75, 3.05) is 0 Å². The summed E-state index contributed by atoms with van der Waals surface area (Å²) in [5, 5.41) is 0. The number of hydrogen-bond acceptors (Lipinski definition) is 0. The third-order valence-electron chi connectivity index (χ3n) is 3.17. The van der Waals surface area contributed by atoms with Gasteiger partial charge < -0.3 is 0 Å². The minimum atomic E-state index is 0.908. The van der Waals surface area contributed by atoms with Gasteiger partial charge in [0.1, 0.15) is 0 Å². The summed E-state index contributed by atoms with van der Waals surface area (Å²) in [5.74, 6) is 1.84. The van der Waals surface area contributed by atoms with Crippen LogP contribution in [0.2, 0.25) is 0 Å². The second-order valence-electron chi connectivity index (χ2n) is 5.93. The molecule has 0 aromatic rings. The van der Waals surface area contributed by atoms with Gasteiger partial charge in [0.05, 0.1) is 0 Å². The van der Waals surface area contributed by atoms with E-state index in [0.717, 1.165) is 18.3 Å². The molecule has 0 spiro atoms. The first-order valence-corrected chi connectivity index (χ1v) is 7.30. The lowest BCUT2D eigenvalue weighted by molar-refractivity contribution is 0.280. The predicted octanol–water partition coefficient (Wildman–Crippen LogP) is 6.14. The Morgan fingerprint density at radius 1 is 1.18 bits per heavy atom. The van der Waals surface area contributed by atoms with Gasteiger partial charge in [0, 0.05) is 0 Å². The van der Waals surface area contributed by atoms with E-state index in [4.69, 9.17) is 0 Å². The van der Waals surface area contributed by atoms with Crippen LogP contribution < -0.4 is 0 Å². The van der Waals surface area contributed by atoms with Gasteiger partial charge in [-0.15, -0.1) is 0 Å². The van der Waals surface area contributed by atoms with E-state index in [2.05, 4.69) is 40.9 Å². The third kappa shape index (κ3) is 9.21. The van der Waals surface area contributed by atoms with Gasteiger partial charge in [-0.3, -0.25) is 0 Å². The second-order valence-corrected chi connectivity index (χ2v) is 5.93. The second kappa shape index (κ2) is 9.50. The lowest BCUT2D eigenvalue weighted by atomic mass is 9.79. The van der Waals surface area contributed by atoms with Gasteiger partial charge in [0.25, 0.3) is 0 Å². The van der Waals surface area contributed by atoms with Gasteiger partial charge in [0.15, 0.2) is 0 Å². The van der Waals surface area contributed by atoms with Crippen molar-refractivity contribution in [1.82, 2.24) is 0 Å². The van der Waals surface area contributed by atoms with E-state index in [1.807, 2.05) is 0 Å². The molecule has 0 aliphatic heterocycles. The lowest BCUT2D eigenvalue weighted by Crippen LogP contribution is -2.13. The quantitative estimate of drug-likeness (QED) is 0.514. The molecule has 1 saturated carbocycles. The van der Waals surface area contributed by atoms with Crippen LogP contribution in [0.15, 0.2) is 24.3 Å². The number of allylic oxidation sites excluding steroid dienone is 2. The SMILES string of the molecule is C=C(C)CC(=C)C[C@H]1CCC[C@@H](C)C1.CCC. The van der Waals surface area contributed by atoms with Crippen molar-refractivity contribution in [3.05, 3.63) is 24.3 Å². The maximum Gasteiger partial charge on any atom is -0.0117 e. The van der Waals surface area contributed by atoms with Crippen molar-refractivity contribution in [2.24, 2.45) is 11.8 Å². The molecule has 1 rings (SSSR count). The molecule has 0 aromatic heterocycles. The minimum Gasteiger partial charge on any atom is -0.0998 e. The van der Waals surface area contributed by atoms with Crippen molar-refractivity contribution < 1.29 is 0 Å². The Morgan fingerprint density at radius 3 is 2.24 bits per heavy atom. The molecule has 1 aliphatic rings. The molecule has 0 unspecified atom stereocenters. The Kier molecular flexibility index (Phi) is 9.21. The topological polar surface area (TPSA) is 0 Å². The van der Waals surface area contributed by atoms with E-state index in [0.29, 0.717) is 0 Å². The largest absolute Gasteiger partial charge is 0.0998 e. The summed E-state index contributed by atoms with van der Waals surface area (Å²) in [7, 11) is 0. The molecule has 17 heavy (non-hydrogen) atoms. The molecule has 1 aliphatic carbocycles. The highest BCUT2D eigenvalue weighted by Crippen LogP contribution is 2.33. The van der Waals surface area contributed by atoms with Gasteiger partial charge in [-0.1, -0.05) is 70.8 Å². The zero-order valence-electron chi connectivity index (χ0n) is 12.5. The van der Waals surface area contributed by atoms with Crippen molar-refractivity contribution in [1.29, 1.82) is 0 Å². The summed E-state index contributed by atoms with van der Waals surface area (Å²) >= 11 is 0. The Hall–Kier alpha value is -0.520. The van der Waals surface area contributed by atoms with E-state index >= 15 is 0 Å². The average molecular weight is 236 g/mol. The van der Waals surface area contributed by atoms with E-state index in [-0.39, 0.29) is 0 Å². The summed E-state index contributed by atoms with van der Waals surface area (Å²) in [6.07, 6.45) is 9.20. The Balaban J connectivity index is 0.000000770. The number of rotatable bonds is 4. The molecule has 2 atom stereocenters. The fourth-order valence-corrected chi connectivity index (χ4v) is 2.65. The molecule has 0 heterocycles. The molecule has 0 N–H and O–H groups in total. The Bertz CT molecular complexity index is 224. The van der Waals surface area contributed by atoms with Gasteiger partial charge in [-0.25, -0.2) is 0 Å². The molecule has 0 amide bonds. The molecule has 100 valence electrons. The smallest absolute Gasteiger partial charge is 0.0117 e. The Morgan fingerprint density at radius 2 is 1.76 bits per heavy atom. The normalized spacial score (nSPS) is 23.5. The molecule has 0 heteroatoms. The Labute approximate surface area is 109 Å². The molecule has 0 aromatic carbocycles. The monoisotopic (exact) mass is 236 g/mol. The van der Waals surface area contributed by atoms with Crippen LogP contribution in [0, 0.1) is 11.8 Å². The first-order valence-electron chi connectivity index (χ1n) is 7.30. The van der Waals surface area contributed by atoms with E-state index in [1.165, 1.54) is 49.7 Å². The summed E-state index contributed by atoms with van der Waals surface area (Å²) in [4.78, 5) is 0. The van der Waals surface area contributed by atoms with E-state index in [9.17, 15) is 0 Å². The molecular formula is C17H32. The van der Waals surface area contributed by atoms with Crippen LogP contribution in [0.4, 0.5) is 0 Å². The van der Waals surface area contributed by atoms with Crippen LogP contribution in [0.1, 0.15) is 72.6 Å². The van der Waals surface area contributed by atoms with E-state index in [1.54, 1.807) is 0 Å². The molecule has 0 bridgehead atoms. The summed E-state index contributed by atoms with van der Waals surface area (Å²) < 4.78 is 0. The fraction of sp³-hybridized carbons (Fsp3) is 0.765. The van der Waals surface area contributed by atoms with Crippen molar-refractivity contribution >= 4 is 0 Å². The van der Waals surface area contributed by atoms with Crippen LogP contribution in [0.5, 0.6) is 0 Å². The molecule has 0 saturated heterocycles. The molecular weight excluding hydrogens is 204 g/mol. The van der Waals surface area contributed by atoms with Crippen LogP contribution in [0.3, 0.4) is 0 Å². The maximum absolute atomic E-state index is 4.15. The summed E-state index contributed by atoms with van der Waals surface area (Å²) in [6.45, 7) is 16.8. The van der Waals surface area contributed by atoms with Crippen LogP contribution in [-0.2, 0) is 0 Å². The average Bonchev–Trinajstić information content (AvgIpc) is 2.16. The van der Waals surface area contributed by atoms with Crippen molar-refractivity contribution in [2.45, 2.75) is 72.6 Å². The summed E-state index contributed by atoms with van der Waals surface area (Å²) in [5.41, 5.74) is 2.63. The van der Waals surface area contributed by atoms with Crippen LogP contribution in [-0.4, -0.2) is 0 Å². The maximum atomic E-state index is 4.15. The highest BCUT2D eigenvalue weighted by Gasteiger charge is 2.19. The molecule has 1 fully saturated rings. The van der Waals surface area contributed by atoms with E-state index < -0.39 is 0 Å². The minimum absolute atomic E-state index is 0.908. The third-order valence-corrected chi connectivity index (χ3v) is 3.17. The summed E-state index contributed by atoms with van der Waals surface area (Å²) in [6, 6.07) is 0. The van der Waals surface area contributed by atoms with Gasteiger partial charge in [-0.05, 0) is 38.0 Å². The number of hydrogen-bond donors (Lipinski definition) is 0. The first-order chi connectivity index (χ1) is 7.99. The molecule has 0 nitrogen and oxygen atoms in total. The van der Waals surface area contributed by atoms with Crippen LogP contribution >= 0.6 is 0 Å².